The Morgan fingerprint density at radius 1 is 1.12 bits per heavy atom. The number of para-hydroxylation sites is 1. The summed E-state index contributed by atoms with van der Waals surface area (Å²) in [4.78, 5) is 9.31. The maximum absolute atomic E-state index is 14.8. The summed E-state index contributed by atoms with van der Waals surface area (Å²) >= 11 is 1.24. The SMILES string of the molecule is CC(C)CC1N=C(c2nnc3ccccc3n2)c2sccc2C1(F)F. The van der Waals surface area contributed by atoms with Crippen molar-refractivity contribution >= 4 is 28.1 Å². The highest BCUT2D eigenvalue weighted by molar-refractivity contribution is 7.12. The van der Waals surface area contributed by atoms with Crippen molar-refractivity contribution < 1.29 is 8.78 Å². The fraction of sp³-hybridized carbons (Fsp3) is 0.333. The van der Waals surface area contributed by atoms with Crippen LogP contribution >= 0.6 is 11.3 Å². The minimum Gasteiger partial charge on any atom is -0.270 e. The normalized spacial score (nSPS) is 19.1. The average Bonchev–Trinajstić information content (AvgIpc) is 3.08. The summed E-state index contributed by atoms with van der Waals surface area (Å²) in [5, 5.41) is 9.97. The largest absolute Gasteiger partial charge is 0.296 e. The van der Waals surface area contributed by atoms with Crippen LogP contribution in [0, 0.1) is 5.92 Å². The molecule has 0 fully saturated rings. The van der Waals surface area contributed by atoms with Gasteiger partial charge in [-0.3, -0.25) is 4.99 Å². The van der Waals surface area contributed by atoms with Crippen molar-refractivity contribution in [3.63, 3.8) is 0 Å². The number of benzene rings is 1. The molecule has 1 atom stereocenters. The van der Waals surface area contributed by atoms with Gasteiger partial charge in [-0.15, -0.1) is 21.5 Å². The van der Waals surface area contributed by atoms with Gasteiger partial charge < -0.3 is 0 Å². The van der Waals surface area contributed by atoms with Crippen molar-refractivity contribution in [1.82, 2.24) is 15.2 Å². The third-order valence-corrected chi connectivity index (χ3v) is 5.13. The van der Waals surface area contributed by atoms with Crippen LogP contribution < -0.4 is 0 Å². The molecule has 3 aromatic rings. The second kappa shape index (κ2) is 5.91. The Morgan fingerprint density at radius 2 is 1.88 bits per heavy atom. The molecule has 0 radical (unpaired) electrons. The molecule has 0 N–H and O–H groups in total. The summed E-state index contributed by atoms with van der Waals surface area (Å²) in [7, 11) is 0. The molecule has 0 saturated carbocycles. The maximum atomic E-state index is 14.8. The quantitative estimate of drug-likeness (QED) is 0.695. The molecule has 1 aromatic carbocycles. The number of aliphatic imine (C=N–C) groups is 1. The van der Waals surface area contributed by atoms with Gasteiger partial charge in [-0.05, 0) is 35.9 Å². The molecule has 0 saturated heterocycles. The van der Waals surface area contributed by atoms with E-state index in [0.717, 1.165) is 0 Å². The van der Waals surface area contributed by atoms with Crippen LogP contribution in [0.2, 0.25) is 0 Å². The van der Waals surface area contributed by atoms with Gasteiger partial charge in [0.15, 0.2) is 0 Å². The standard InChI is InChI=1S/C18H16F2N4S/c1-10(2)9-14-18(19,20)11-7-8-25-16(11)15(22-14)17-21-12-5-3-4-6-13(12)23-24-17/h3-8,10,14H,9H2,1-2H3. The Kier molecular flexibility index (Phi) is 3.83. The smallest absolute Gasteiger partial charge is 0.270 e. The molecule has 3 heterocycles. The zero-order chi connectivity index (χ0) is 17.6. The van der Waals surface area contributed by atoms with Gasteiger partial charge in [0.2, 0.25) is 5.82 Å². The fourth-order valence-electron chi connectivity index (χ4n) is 3.02. The van der Waals surface area contributed by atoms with E-state index in [1.165, 1.54) is 17.4 Å². The molecule has 4 nitrogen and oxygen atoms in total. The summed E-state index contributed by atoms with van der Waals surface area (Å²) in [6.07, 6.45) is 0.298. The number of aromatic nitrogens is 3. The highest BCUT2D eigenvalue weighted by Crippen LogP contribution is 2.44. The van der Waals surface area contributed by atoms with Crippen LogP contribution in [0.25, 0.3) is 11.0 Å². The van der Waals surface area contributed by atoms with E-state index in [-0.39, 0.29) is 11.5 Å². The van der Waals surface area contributed by atoms with Crippen molar-refractivity contribution in [3.05, 3.63) is 52.0 Å². The van der Waals surface area contributed by atoms with Crippen LogP contribution in [0.4, 0.5) is 8.78 Å². The lowest BCUT2D eigenvalue weighted by atomic mass is 9.90. The average molecular weight is 358 g/mol. The molecule has 25 heavy (non-hydrogen) atoms. The van der Waals surface area contributed by atoms with Crippen molar-refractivity contribution in [2.45, 2.75) is 32.2 Å². The van der Waals surface area contributed by atoms with Crippen molar-refractivity contribution in [3.8, 4) is 0 Å². The van der Waals surface area contributed by atoms with E-state index in [9.17, 15) is 8.78 Å². The minimum atomic E-state index is -2.98. The predicted molar refractivity (Wildman–Crippen MR) is 94.4 cm³/mol. The van der Waals surface area contributed by atoms with Gasteiger partial charge in [0, 0.05) is 5.56 Å². The first-order valence-electron chi connectivity index (χ1n) is 8.10. The molecule has 0 aliphatic carbocycles. The molecule has 1 aliphatic heterocycles. The summed E-state index contributed by atoms with van der Waals surface area (Å²) in [5.74, 6) is -2.57. The van der Waals surface area contributed by atoms with Crippen molar-refractivity contribution in [2.24, 2.45) is 10.9 Å². The molecule has 7 heteroatoms. The van der Waals surface area contributed by atoms with Gasteiger partial charge in [-0.25, -0.2) is 4.98 Å². The summed E-state index contributed by atoms with van der Waals surface area (Å²) < 4.78 is 29.7. The molecule has 2 aromatic heterocycles. The fourth-order valence-corrected chi connectivity index (χ4v) is 3.94. The van der Waals surface area contributed by atoms with Gasteiger partial charge in [-0.1, -0.05) is 26.0 Å². The van der Waals surface area contributed by atoms with E-state index in [1.54, 1.807) is 5.38 Å². The van der Waals surface area contributed by atoms with Gasteiger partial charge in [-0.2, -0.15) is 8.78 Å². The van der Waals surface area contributed by atoms with Crippen molar-refractivity contribution in [2.75, 3.05) is 0 Å². The van der Waals surface area contributed by atoms with Crippen LogP contribution in [0.1, 0.15) is 36.5 Å². The van der Waals surface area contributed by atoms with Crippen LogP contribution in [-0.2, 0) is 5.92 Å². The second-order valence-electron chi connectivity index (χ2n) is 6.53. The van der Waals surface area contributed by atoms with Crippen LogP contribution in [0.5, 0.6) is 0 Å². The number of thiophene rings is 1. The van der Waals surface area contributed by atoms with E-state index < -0.39 is 12.0 Å². The highest BCUT2D eigenvalue weighted by atomic mass is 32.1. The van der Waals surface area contributed by atoms with Gasteiger partial charge in [0.25, 0.3) is 5.92 Å². The first-order valence-corrected chi connectivity index (χ1v) is 8.98. The first kappa shape index (κ1) is 16.2. The lowest BCUT2D eigenvalue weighted by Crippen LogP contribution is -2.37. The molecule has 0 amide bonds. The molecule has 128 valence electrons. The number of halogens is 2. The summed E-state index contributed by atoms with van der Waals surface area (Å²) in [6.45, 7) is 3.84. The number of rotatable bonds is 3. The highest BCUT2D eigenvalue weighted by Gasteiger charge is 2.48. The molecule has 1 unspecified atom stereocenters. The molecule has 0 bridgehead atoms. The third-order valence-electron chi connectivity index (χ3n) is 4.21. The third kappa shape index (κ3) is 2.72. The predicted octanol–water partition coefficient (Wildman–Crippen LogP) is 4.44. The zero-order valence-electron chi connectivity index (χ0n) is 13.8. The Morgan fingerprint density at radius 3 is 2.64 bits per heavy atom. The topological polar surface area (TPSA) is 51.0 Å². The van der Waals surface area contributed by atoms with Crippen LogP contribution in [0.3, 0.4) is 0 Å². The lowest BCUT2D eigenvalue weighted by molar-refractivity contribution is -0.0374. The maximum Gasteiger partial charge on any atom is 0.296 e. The second-order valence-corrected chi connectivity index (χ2v) is 7.45. The van der Waals surface area contributed by atoms with E-state index in [4.69, 9.17) is 0 Å². The van der Waals surface area contributed by atoms with Crippen LogP contribution in [-0.4, -0.2) is 26.9 Å². The van der Waals surface area contributed by atoms with Gasteiger partial charge >= 0.3 is 0 Å². The molecular weight excluding hydrogens is 342 g/mol. The first-order chi connectivity index (χ1) is 12.0. The Hall–Kier alpha value is -2.28. The Bertz CT molecular complexity index is 964. The molecule has 1 aliphatic rings. The number of fused-ring (bicyclic) bond motifs is 2. The lowest BCUT2D eigenvalue weighted by Gasteiger charge is -2.30. The van der Waals surface area contributed by atoms with E-state index >= 15 is 0 Å². The number of hydrogen-bond donors (Lipinski definition) is 0. The number of nitrogens with zero attached hydrogens (tertiary/aromatic N) is 4. The van der Waals surface area contributed by atoms with Gasteiger partial charge in [0.05, 0.1) is 10.4 Å². The number of alkyl halides is 2. The Balaban J connectivity index is 1.87. The Labute approximate surface area is 147 Å². The molecule has 0 spiro atoms. The monoisotopic (exact) mass is 358 g/mol. The van der Waals surface area contributed by atoms with Gasteiger partial charge in [0.1, 0.15) is 17.3 Å². The zero-order valence-corrected chi connectivity index (χ0v) is 14.6. The molecular formula is C18H16F2N4S. The summed E-state index contributed by atoms with van der Waals surface area (Å²) in [6, 6.07) is 7.72. The van der Waals surface area contributed by atoms with E-state index in [1.807, 2.05) is 38.1 Å². The minimum absolute atomic E-state index is 0.0184. The number of hydrogen-bond acceptors (Lipinski definition) is 5. The van der Waals surface area contributed by atoms with Crippen LogP contribution in [0.15, 0.2) is 40.7 Å². The van der Waals surface area contributed by atoms with E-state index in [2.05, 4.69) is 20.2 Å². The van der Waals surface area contributed by atoms with E-state index in [0.29, 0.717) is 33.9 Å². The molecule has 4 rings (SSSR count). The summed E-state index contributed by atoms with van der Waals surface area (Å²) in [5.41, 5.74) is 1.77. The van der Waals surface area contributed by atoms with Crippen molar-refractivity contribution in [1.29, 1.82) is 0 Å².